The summed E-state index contributed by atoms with van der Waals surface area (Å²) < 4.78 is 7.04. The van der Waals surface area contributed by atoms with E-state index >= 15 is 0 Å². The third-order valence-electron chi connectivity index (χ3n) is 12.0. The number of ether oxygens (including phenoxy) is 1. The van der Waals surface area contributed by atoms with E-state index in [2.05, 4.69) is 31.5 Å². The topological polar surface area (TPSA) is 236 Å². The number of carbonyl (C=O) groups is 5. The number of quaternary nitrogens is 1. The van der Waals surface area contributed by atoms with Gasteiger partial charge in [0.2, 0.25) is 0 Å². The molecular formula is C49H59N8O11S+. The van der Waals surface area contributed by atoms with Crippen LogP contribution in [0, 0.1) is 0 Å². The first-order valence-corrected chi connectivity index (χ1v) is 22.6. The number of hydrogen-bond acceptors (Lipinski definition) is 12. The van der Waals surface area contributed by atoms with Crippen molar-refractivity contribution in [3.8, 4) is 11.5 Å². The molecule has 1 unspecified atom stereocenters. The van der Waals surface area contributed by atoms with Crippen LogP contribution >= 0.6 is 12.2 Å². The molecule has 1 saturated heterocycles. The van der Waals surface area contributed by atoms with Crippen LogP contribution in [0.3, 0.4) is 0 Å². The van der Waals surface area contributed by atoms with Crippen LogP contribution < -0.4 is 19.4 Å². The zero-order valence-electron chi connectivity index (χ0n) is 39.3. The summed E-state index contributed by atoms with van der Waals surface area (Å²) >= 11 is 5.63. The highest BCUT2D eigenvalue weighted by molar-refractivity contribution is 7.80. The lowest BCUT2D eigenvalue weighted by Gasteiger charge is -2.37. The van der Waals surface area contributed by atoms with E-state index in [1.165, 1.54) is 6.08 Å². The van der Waals surface area contributed by atoms with Crippen LogP contribution in [-0.4, -0.2) is 199 Å². The van der Waals surface area contributed by atoms with Gasteiger partial charge in [-0.3, -0.25) is 43.3 Å². The van der Waals surface area contributed by atoms with Gasteiger partial charge < -0.3 is 40.5 Å². The second-order valence-corrected chi connectivity index (χ2v) is 18.6. The van der Waals surface area contributed by atoms with Gasteiger partial charge in [0.05, 0.1) is 58.6 Å². The van der Waals surface area contributed by atoms with Gasteiger partial charge in [-0.15, -0.1) is 0 Å². The summed E-state index contributed by atoms with van der Waals surface area (Å²) in [5.74, 6) is -4.32. The molecule has 20 heteroatoms. The minimum Gasteiger partial charge on any atom is -0.480 e. The number of aliphatic carboxylic acids is 5. The van der Waals surface area contributed by atoms with Gasteiger partial charge in [-0.25, -0.2) is 9.79 Å². The number of benzene rings is 3. The van der Waals surface area contributed by atoms with Gasteiger partial charge in [-0.1, -0.05) is 18.2 Å². The quantitative estimate of drug-likeness (QED) is 0.0780. The molecule has 1 atom stereocenters. The van der Waals surface area contributed by atoms with Gasteiger partial charge in [0.25, 0.3) is 0 Å². The van der Waals surface area contributed by atoms with Crippen molar-refractivity contribution in [1.82, 2.24) is 24.1 Å². The SMILES string of the molecule is CN(C)c1ccc2c(c1)Oc1cc([N+](C)(C)C)ccc1/C2=C1C=C/C(=N\C(=S)Nc2ccc(CC3CN(CC(=O)O)CCN(CC(=O)O)CCN(CC(=O)O)CCN3CC(=O)O)cc2)C=C\1C(=O)O. The number of nitrogens with one attached hydrogen (secondary N) is 1. The van der Waals surface area contributed by atoms with Crippen molar-refractivity contribution in [2.75, 3.05) is 117 Å². The maximum absolute atomic E-state index is 13.0. The van der Waals surface area contributed by atoms with Crippen LogP contribution in [0.15, 0.2) is 95.0 Å². The Balaban J connectivity index is 1.25. The second kappa shape index (κ2) is 22.5. The second-order valence-electron chi connectivity index (χ2n) is 18.2. The van der Waals surface area contributed by atoms with Crippen molar-refractivity contribution >= 4 is 75.5 Å². The maximum atomic E-state index is 13.0. The molecule has 3 aromatic carbocycles. The van der Waals surface area contributed by atoms with E-state index in [1.54, 1.807) is 43.9 Å². The van der Waals surface area contributed by atoms with Gasteiger partial charge in [-0.05, 0) is 78.3 Å². The van der Waals surface area contributed by atoms with Crippen molar-refractivity contribution in [2.45, 2.75) is 12.5 Å². The fourth-order valence-electron chi connectivity index (χ4n) is 8.47. The maximum Gasteiger partial charge on any atom is 0.336 e. The molecule has 2 aliphatic heterocycles. The highest BCUT2D eigenvalue weighted by Gasteiger charge is 2.31. The first kappa shape index (κ1) is 51.6. The molecule has 1 aliphatic carbocycles. The predicted octanol–water partition coefficient (Wildman–Crippen LogP) is 3.75. The lowest BCUT2D eigenvalue weighted by Crippen LogP contribution is -2.53. The fourth-order valence-corrected chi connectivity index (χ4v) is 8.69. The molecule has 0 bridgehead atoms. The molecule has 0 saturated carbocycles. The lowest BCUT2D eigenvalue weighted by atomic mass is 9.84. The third kappa shape index (κ3) is 14.1. The normalized spacial score (nSPS) is 19.2. The van der Waals surface area contributed by atoms with Gasteiger partial charge in [-0.2, -0.15) is 0 Å². The Morgan fingerprint density at radius 3 is 1.84 bits per heavy atom. The van der Waals surface area contributed by atoms with Crippen molar-refractivity contribution in [2.24, 2.45) is 4.99 Å². The van der Waals surface area contributed by atoms with Crippen LogP contribution in [0.1, 0.15) is 16.7 Å². The number of allylic oxidation sites excluding steroid dienone is 3. The van der Waals surface area contributed by atoms with Crippen LogP contribution in [0.2, 0.25) is 0 Å². The van der Waals surface area contributed by atoms with Gasteiger partial charge in [0.1, 0.15) is 17.2 Å². The first-order chi connectivity index (χ1) is 32.6. The largest absolute Gasteiger partial charge is 0.480 e. The molecule has 3 aliphatic rings. The van der Waals surface area contributed by atoms with Crippen molar-refractivity contribution < 1.29 is 54.2 Å². The Labute approximate surface area is 405 Å². The molecule has 69 heavy (non-hydrogen) atoms. The molecular weight excluding hydrogens is 909 g/mol. The summed E-state index contributed by atoms with van der Waals surface area (Å²) in [4.78, 5) is 73.8. The summed E-state index contributed by atoms with van der Waals surface area (Å²) in [5, 5.41) is 52.7. The number of anilines is 2. The molecule has 3 aromatic rings. The molecule has 1 fully saturated rings. The average Bonchev–Trinajstić information content (AvgIpc) is 3.26. The number of fused-ring (bicyclic) bond motifs is 2. The van der Waals surface area contributed by atoms with Crippen molar-refractivity contribution in [3.63, 3.8) is 0 Å². The molecule has 366 valence electrons. The number of rotatable bonds is 14. The van der Waals surface area contributed by atoms with E-state index in [9.17, 15) is 49.5 Å². The van der Waals surface area contributed by atoms with E-state index in [0.717, 1.165) is 28.1 Å². The zero-order valence-corrected chi connectivity index (χ0v) is 40.1. The summed E-state index contributed by atoms with van der Waals surface area (Å²) in [5.41, 5.74) is 6.26. The van der Waals surface area contributed by atoms with E-state index in [-0.39, 0.29) is 89.1 Å². The summed E-state index contributed by atoms with van der Waals surface area (Å²) in [6.45, 7) is -0.187. The Morgan fingerprint density at radius 2 is 1.28 bits per heavy atom. The summed E-state index contributed by atoms with van der Waals surface area (Å²) in [7, 11) is 10.0. The van der Waals surface area contributed by atoms with E-state index in [4.69, 9.17) is 17.0 Å². The Bertz CT molecular complexity index is 2600. The standard InChI is InChI=1S/C49H58N8O11S/c1-52(2)34-11-14-38-41(24-34)68-42-25-36(57(3,4)5)12-15-39(42)47(38)37-13-10-33(23-40(37)48(66)67)51-49(69)50-32-8-6-31(7-9-32)22-35-26-55(29-45(62)63)19-18-53(27-43(58)59)16-17-54(28-44(60)61)20-21-56(35)30-46(64)65/h6-15,23-25,35H,16-22,26-30H2,1-5H3,(H5-,50,58,59,60,61,62,63,64,65,66,67,69)/p+1/b47-37+,51-33+. The first-order valence-electron chi connectivity index (χ1n) is 22.2. The zero-order chi connectivity index (χ0) is 50.2. The fraction of sp³-hybridized carbons (Fsp3) is 0.367. The van der Waals surface area contributed by atoms with Crippen LogP contribution in [0.4, 0.5) is 17.1 Å². The molecule has 2 heterocycles. The number of carboxylic acid groups (broad SMARTS) is 5. The third-order valence-corrected chi connectivity index (χ3v) is 12.2. The molecule has 0 spiro atoms. The van der Waals surface area contributed by atoms with Gasteiger partial charge >= 0.3 is 29.8 Å². The highest BCUT2D eigenvalue weighted by atomic mass is 32.1. The van der Waals surface area contributed by atoms with Crippen molar-refractivity contribution in [1.29, 1.82) is 0 Å². The minimum atomic E-state index is -1.15. The van der Waals surface area contributed by atoms with Crippen molar-refractivity contribution in [3.05, 3.63) is 107 Å². The van der Waals surface area contributed by atoms with Crippen LogP contribution in [0.25, 0.3) is 5.57 Å². The summed E-state index contributed by atoms with van der Waals surface area (Å²) in [6, 6.07) is 18.4. The summed E-state index contributed by atoms with van der Waals surface area (Å²) in [6.07, 6.45) is 5.20. The molecule has 0 amide bonds. The molecule has 6 rings (SSSR count). The van der Waals surface area contributed by atoms with Crippen LogP contribution in [0.5, 0.6) is 11.5 Å². The molecule has 0 aromatic heterocycles. The highest BCUT2D eigenvalue weighted by Crippen LogP contribution is 2.49. The Hall–Kier alpha value is -6.81. The Kier molecular flexibility index (Phi) is 16.8. The van der Waals surface area contributed by atoms with Crippen LogP contribution in [-0.2, 0) is 30.4 Å². The minimum absolute atomic E-state index is 0.0160. The molecule has 0 radical (unpaired) electrons. The number of thiocarbonyl (C=S) groups is 1. The molecule has 6 N–H and O–H groups in total. The van der Waals surface area contributed by atoms with E-state index < -0.39 is 35.9 Å². The van der Waals surface area contributed by atoms with Gasteiger partial charge in [0, 0.05) is 106 Å². The predicted molar refractivity (Wildman–Crippen MR) is 267 cm³/mol. The molecule has 19 nitrogen and oxygen atoms in total. The lowest BCUT2D eigenvalue weighted by molar-refractivity contribution is -0.142. The van der Waals surface area contributed by atoms with E-state index in [1.807, 2.05) is 67.5 Å². The number of nitrogens with zero attached hydrogens (tertiary/aromatic N) is 7. The number of hydrogen-bond donors (Lipinski definition) is 6. The smallest absolute Gasteiger partial charge is 0.336 e. The van der Waals surface area contributed by atoms with E-state index in [0.29, 0.717) is 38.5 Å². The van der Waals surface area contributed by atoms with Gasteiger partial charge in [0.15, 0.2) is 5.11 Å². The monoisotopic (exact) mass is 967 g/mol. The Morgan fingerprint density at radius 1 is 0.725 bits per heavy atom. The number of carboxylic acids is 5. The average molecular weight is 968 g/mol. The number of aliphatic imine (C=N–C) groups is 1.